The smallest absolute Gasteiger partial charge is 0.381 e. The Bertz CT molecular complexity index is 1020. The van der Waals surface area contributed by atoms with Crippen molar-refractivity contribution in [2.24, 2.45) is 17.1 Å². The molecule has 1 aliphatic carbocycles. The third-order valence-corrected chi connectivity index (χ3v) is 7.81. The van der Waals surface area contributed by atoms with E-state index in [9.17, 15) is 18.0 Å². The van der Waals surface area contributed by atoms with Gasteiger partial charge in [0.05, 0.1) is 0 Å². The van der Waals surface area contributed by atoms with E-state index in [2.05, 4.69) is 21.9 Å². The number of carbonyl (C=O) groups is 1. The lowest BCUT2D eigenvalue weighted by molar-refractivity contribution is -0.143. The number of nitrogen functional groups attached to an aromatic ring is 1. The number of hydrogen-bond acceptors (Lipinski definition) is 7. The second-order valence-corrected chi connectivity index (χ2v) is 9.57. The van der Waals surface area contributed by atoms with Crippen LogP contribution < -0.4 is 16.4 Å². The molecule has 2 aliphatic rings. The van der Waals surface area contributed by atoms with Crippen molar-refractivity contribution >= 4 is 29.3 Å². The van der Waals surface area contributed by atoms with Crippen LogP contribution in [0.2, 0.25) is 0 Å². The third kappa shape index (κ3) is 4.22. The Morgan fingerprint density at radius 1 is 1.25 bits per heavy atom. The summed E-state index contributed by atoms with van der Waals surface area (Å²) in [5.41, 5.74) is 10.8. The second-order valence-electron chi connectivity index (χ2n) is 8.54. The minimum absolute atomic E-state index is 0.0149. The highest BCUT2D eigenvalue weighted by atomic mass is 32.2. The van der Waals surface area contributed by atoms with Crippen LogP contribution in [0.3, 0.4) is 0 Å². The molecule has 4 N–H and O–H groups in total. The molecule has 0 radical (unpaired) electrons. The molecule has 2 aromatic rings. The lowest BCUT2D eigenvalue weighted by atomic mass is 9.71. The number of halogens is 3. The molecule has 1 saturated heterocycles. The molecule has 0 unspecified atom stereocenters. The van der Waals surface area contributed by atoms with Crippen LogP contribution in [-0.2, 0) is 6.18 Å². The molecule has 11 heteroatoms. The molecule has 172 valence electrons. The standard InChI is InChI=1S/C21H25F3N6OS/c1-12-4-2-6-20(12)7-10-30(11-8-20)18-14(17(26)31)28-19(16(25)29-18)32-13-5-3-9-27-15(13)21(22,23)24/h3,5,9,12H,2,4,6-8,10-11H2,1H3,(H2,25,29)(H2,26,31)/t12-/m0/s1. The first-order valence-electron chi connectivity index (χ1n) is 10.5. The number of hydrogen-bond donors (Lipinski definition) is 2. The number of carbonyl (C=O) groups excluding carboxylic acids is 1. The van der Waals surface area contributed by atoms with Gasteiger partial charge in [-0.1, -0.05) is 31.5 Å². The summed E-state index contributed by atoms with van der Waals surface area (Å²) in [6, 6.07) is 2.66. The summed E-state index contributed by atoms with van der Waals surface area (Å²) < 4.78 is 39.9. The molecule has 1 atom stereocenters. The molecule has 3 heterocycles. The average molecular weight is 467 g/mol. The lowest BCUT2D eigenvalue weighted by Crippen LogP contribution is -2.42. The highest BCUT2D eigenvalue weighted by Crippen LogP contribution is 2.50. The van der Waals surface area contributed by atoms with Crippen LogP contribution in [0, 0.1) is 11.3 Å². The number of rotatable bonds is 4. The average Bonchev–Trinajstić information content (AvgIpc) is 3.09. The van der Waals surface area contributed by atoms with Crippen LogP contribution in [0.15, 0.2) is 28.3 Å². The van der Waals surface area contributed by atoms with E-state index in [1.807, 2.05) is 4.90 Å². The molecule has 7 nitrogen and oxygen atoms in total. The maximum absolute atomic E-state index is 13.3. The Kier molecular flexibility index (Phi) is 5.95. The molecule has 32 heavy (non-hydrogen) atoms. The predicted octanol–water partition coefficient (Wildman–Crippen LogP) is 4.13. The number of amides is 1. The SMILES string of the molecule is C[C@H]1CCCC12CCN(c1nc(N)c(Sc3cccnc3C(F)(F)F)nc1C(N)=O)CC2. The van der Waals surface area contributed by atoms with Crippen molar-refractivity contribution < 1.29 is 18.0 Å². The molecule has 1 amide bonds. The number of nitrogens with two attached hydrogens (primary N) is 2. The van der Waals surface area contributed by atoms with Gasteiger partial charge in [0.1, 0.15) is 5.03 Å². The summed E-state index contributed by atoms with van der Waals surface area (Å²) in [6.45, 7) is 3.70. The zero-order valence-electron chi connectivity index (χ0n) is 17.7. The van der Waals surface area contributed by atoms with Crippen molar-refractivity contribution in [2.45, 2.75) is 55.1 Å². The minimum Gasteiger partial charge on any atom is -0.381 e. The molecule has 0 bridgehead atoms. The van der Waals surface area contributed by atoms with Crippen molar-refractivity contribution in [3.8, 4) is 0 Å². The quantitative estimate of drug-likeness (QED) is 0.697. The van der Waals surface area contributed by atoms with Gasteiger partial charge in [0.2, 0.25) is 0 Å². The van der Waals surface area contributed by atoms with Gasteiger partial charge >= 0.3 is 6.18 Å². The Morgan fingerprint density at radius 2 is 1.97 bits per heavy atom. The first-order valence-corrected chi connectivity index (χ1v) is 11.3. The summed E-state index contributed by atoms with van der Waals surface area (Å²) in [5.74, 6) is 0.104. The Hall–Kier alpha value is -2.56. The largest absolute Gasteiger partial charge is 0.434 e. The van der Waals surface area contributed by atoms with Crippen molar-refractivity contribution in [3.05, 3.63) is 29.7 Å². The summed E-state index contributed by atoms with van der Waals surface area (Å²) in [7, 11) is 0. The zero-order chi connectivity index (χ0) is 23.1. The topological polar surface area (TPSA) is 111 Å². The molecule has 1 aliphatic heterocycles. The molecular formula is C21H25F3N6OS. The van der Waals surface area contributed by atoms with Crippen LogP contribution in [-0.4, -0.2) is 33.9 Å². The number of anilines is 2. The molecule has 2 aromatic heterocycles. The van der Waals surface area contributed by atoms with Crippen LogP contribution in [0.25, 0.3) is 0 Å². The maximum atomic E-state index is 13.3. The van der Waals surface area contributed by atoms with Crippen molar-refractivity contribution in [1.29, 1.82) is 0 Å². The number of pyridine rings is 1. The van der Waals surface area contributed by atoms with E-state index in [0.29, 0.717) is 42.0 Å². The normalized spacial score (nSPS) is 20.6. The molecule has 4 rings (SSSR count). The summed E-state index contributed by atoms with van der Waals surface area (Å²) in [6.07, 6.45) is 2.07. The van der Waals surface area contributed by atoms with Gasteiger partial charge in [-0.05, 0) is 42.7 Å². The zero-order valence-corrected chi connectivity index (χ0v) is 18.5. The lowest BCUT2D eigenvalue weighted by Gasteiger charge is -2.43. The van der Waals surface area contributed by atoms with E-state index >= 15 is 0 Å². The summed E-state index contributed by atoms with van der Waals surface area (Å²) >= 11 is 0.663. The molecular weight excluding hydrogens is 441 g/mol. The molecule has 1 saturated carbocycles. The number of alkyl halides is 3. The molecule has 2 fully saturated rings. The van der Waals surface area contributed by atoms with Crippen molar-refractivity contribution in [1.82, 2.24) is 15.0 Å². The fraction of sp³-hybridized carbons (Fsp3) is 0.524. The van der Waals surface area contributed by atoms with Crippen LogP contribution in [0.5, 0.6) is 0 Å². The van der Waals surface area contributed by atoms with Gasteiger partial charge in [-0.25, -0.2) is 9.97 Å². The van der Waals surface area contributed by atoms with Gasteiger partial charge in [0, 0.05) is 24.2 Å². The number of nitrogens with zero attached hydrogens (tertiary/aromatic N) is 4. The first-order chi connectivity index (χ1) is 15.1. The van der Waals surface area contributed by atoms with Crippen LogP contribution >= 0.6 is 11.8 Å². The third-order valence-electron chi connectivity index (χ3n) is 6.77. The van der Waals surface area contributed by atoms with Gasteiger partial charge < -0.3 is 16.4 Å². The monoisotopic (exact) mass is 466 g/mol. The van der Waals surface area contributed by atoms with E-state index in [4.69, 9.17) is 11.5 Å². The van der Waals surface area contributed by atoms with Gasteiger partial charge in [0.25, 0.3) is 5.91 Å². The molecule has 0 aromatic carbocycles. The van der Waals surface area contributed by atoms with Crippen molar-refractivity contribution in [3.63, 3.8) is 0 Å². The second kappa shape index (κ2) is 8.42. The van der Waals surface area contributed by atoms with Gasteiger partial charge in [-0.2, -0.15) is 13.2 Å². The van der Waals surface area contributed by atoms with Gasteiger partial charge in [-0.15, -0.1) is 0 Å². The molecule has 1 spiro atoms. The highest BCUT2D eigenvalue weighted by molar-refractivity contribution is 7.99. The Morgan fingerprint density at radius 3 is 2.56 bits per heavy atom. The van der Waals surface area contributed by atoms with E-state index < -0.39 is 17.8 Å². The van der Waals surface area contributed by atoms with Gasteiger partial charge in [-0.3, -0.25) is 9.78 Å². The van der Waals surface area contributed by atoms with E-state index in [0.717, 1.165) is 19.0 Å². The first kappa shape index (κ1) is 22.6. The van der Waals surface area contributed by atoms with E-state index in [1.165, 1.54) is 31.4 Å². The van der Waals surface area contributed by atoms with Crippen LogP contribution in [0.1, 0.15) is 55.2 Å². The van der Waals surface area contributed by atoms with Crippen molar-refractivity contribution in [2.75, 3.05) is 23.7 Å². The van der Waals surface area contributed by atoms with Gasteiger partial charge in [0.15, 0.2) is 23.0 Å². The number of primary amides is 1. The Balaban J connectivity index is 1.62. The highest BCUT2D eigenvalue weighted by Gasteiger charge is 2.43. The summed E-state index contributed by atoms with van der Waals surface area (Å²) in [5, 5.41) is -0.0149. The summed E-state index contributed by atoms with van der Waals surface area (Å²) in [4.78, 5) is 26.0. The van der Waals surface area contributed by atoms with Crippen LogP contribution in [0.4, 0.5) is 24.8 Å². The fourth-order valence-corrected chi connectivity index (χ4v) is 5.80. The minimum atomic E-state index is -4.64. The fourth-order valence-electron chi connectivity index (χ4n) is 4.89. The number of piperidine rings is 1. The Labute approximate surface area is 188 Å². The predicted molar refractivity (Wildman–Crippen MR) is 115 cm³/mol. The van der Waals surface area contributed by atoms with E-state index in [-0.39, 0.29) is 21.4 Å². The maximum Gasteiger partial charge on any atom is 0.434 e. The van der Waals surface area contributed by atoms with E-state index in [1.54, 1.807) is 0 Å². The number of aromatic nitrogens is 3.